The summed E-state index contributed by atoms with van der Waals surface area (Å²) in [5.41, 5.74) is -0.280. The summed E-state index contributed by atoms with van der Waals surface area (Å²) in [7, 11) is 0. The van der Waals surface area contributed by atoms with E-state index in [4.69, 9.17) is 5.11 Å². The number of carboxylic acid groups (broad SMARTS) is 1. The lowest BCUT2D eigenvalue weighted by molar-refractivity contribution is -0.139. The van der Waals surface area contributed by atoms with Gasteiger partial charge in [-0.3, -0.25) is 9.48 Å². The average molecular weight is 261 g/mol. The maximum atomic E-state index is 10.6. The number of hydrogen-bond acceptors (Lipinski definition) is 2. The van der Waals surface area contributed by atoms with E-state index in [1.54, 1.807) is 10.9 Å². The summed E-state index contributed by atoms with van der Waals surface area (Å²) in [5.74, 6) is -0.777. The van der Waals surface area contributed by atoms with Crippen molar-refractivity contribution in [2.75, 3.05) is 0 Å². The highest BCUT2D eigenvalue weighted by Crippen LogP contribution is 2.23. The molecule has 1 aromatic heterocycles. The van der Waals surface area contributed by atoms with Crippen LogP contribution in [0.3, 0.4) is 0 Å². The summed E-state index contributed by atoms with van der Waals surface area (Å²) in [5, 5.41) is 12.8. The van der Waals surface area contributed by atoms with Gasteiger partial charge in [0.25, 0.3) is 0 Å². The Hall–Kier alpha value is -0.840. The van der Waals surface area contributed by atoms with Crippen molar-refractivity contribution < 1.29 is 9.90 Å². The molecule has 78 valence electrons. The second-order valence-corrected chi connectivity index (χ2v) is 5.01. The molecule has 0 saturated heterocycles. The zero-order valence-electron chi connectivity index (χ0n) is 8.20. The molecular formula is C9H13BrN2O2. The minimum Gasteiger partial charge on any atom is -0.481 e. The van der Waals surface area contributed by atoms with Gasteiger partial charge in [-0.1, -0.05) is 13.8 Å². The van der Waals surface area contributed by atoms with Crippen LogP contribution in [-0.4, -0.2) is 20.9 Å². The molecule has 1 rings (SSSR count). The average Bonchev–Trinajstić information content (AvgIpc) is 2.30. The molecule has 0 bridgehead atoms. The van der Waals surface area contributed by atoms with Crippen LogP contribution >= 0.6 is 15.9 Å². The summed E-state index contributed by atoms with van der Waals surface area (Å²) >= 11 is 3.29. The third-order valence-electron chi connectivity index (χ3n) is 1.82. The molecule has 0 fully saturated rings. The van der Waals surface area contributed by atoms with E-state index in [0.717, 1.165) is 4.47 Å². The first-order chi connectivity index (χ1) is 6.39. The van der Waals surface area contributed by atoms with Crippen molar-refractivity contribution in [3.05, 3.63) is 16.9 Å². The standard InChI is InChI=1S/C9H13BrN2O2/c1-9(2,3-8(13)14)6-12-5-7(10)4-11-12/h4-5H,3,6H2,1-2H3,(H,13,14). The van der Waals surface area contributed by atoms with Crippen molar-refractivity contribution in [3.8, 4) is 0 Å². The van der Waals surface area contributed by atoms with E-state index in [2.05, 4.69) is 21.0 Å². The SMILES string of the molecule is CC(C)(CC(=O)O)Cn1cc(Br)cn1. The first-order valence-corrected chi connectivity index (χ1v) is 5.08. The topological polar surface area (TPSA) is 55.1 Å². The molecule has 0 saturated carbocycles. The fourth-order valence-corrected chi connectivity index (χ4v) is 1.66. The van der Waals surface area contributed by atoms with Crippen molar-refractivity contribution in [1.29, 1.82) is 0 Å². The quantitative estimate of drug-likeness (QED) is 0.903. The molecule has 1 N–H and O–H groups in total. The molecule has 0 spiro atoms. The van der Waals surface area contributed by atoms with E-state index in [1.165, 1.54) is 0 Å². The van der Waals surface area contributed by atoms with E-state index in [9.17, 15) is 4.79 Å². The largest absolute Gasteiger partial charge is 0.481 e. The Morgan fingerprint density at radius 2 is 2.36 bits per heavy atom. The van der Waals surface area contributed by atoms with Gasteiger partial charge in [-0.25, -0.2) is 0 Å². The molecule has 0 radical (unpaired) electrons. The van der Waals surface area contributed by atoms with Crippen LogP contribution in [0.15, 0.2) is 16.9 Å². The second-order valence-electron chi connectivity index (χ2n) is 4.09. The van der Waals surface area contributed by atoms with Crippen LogP contribution in [0.25, 0.3) is 0 Å². The number of aromatic nitrogens is 2. The number of carboxylic acids is 1. The van der Waals surface area contributed by atoms with Gasteiger partial charge in [0.05, 0.1) is 17.1 Å². The van der Waals surface area contributed by atoms with Gasteiger partial charge in [0, 0.05) is 12.7 Å². The van der Waals surface area contributed by atoms with Crippen LogP contribution in [0.2, 0.25) is 0 Å². The fraction of sp³-hybridized carbons (Fsp3) is 0.556. The highest BCUT2D eigenvalue weighted by molar-refractivity contribution is 9.10. The number of rotatable bonds is 4. The van der Waals surface area contributed by atoms with Gasteiger partial charge in [0.1, 0.15) is 0 Å². The summed E-state index contributed by atoms with van der Waals surface area (Å²) in [4.78, 5) is 10.6. The second kappa shape index (κ2) is 4.13. The normalized spacial score (nSPS) is 11.6. The zero-order chi connectivity index (χ0) is 10.8. The Bertz CT molecular complexity index is 333. The molecule has 1 aromatic rings. The molecule has 0 unspecified atom stereocenters. The summed E-state index contributed by atoms with van der Waals surface area (Å²) in [6.45, 7) is 4.43. The number of carbonyl (C=O) groups is 1. The Morgan fingerprint density at radius 1 is 1.71 bits per heavy atom. The Kier molecular flexibility index (Phi) is 3.31. The first kappa shape index (κ1) is 11.2. The molecule has 0 atom stereocenters. The highest BCUT2D eigenvalue weighted by atomic mass is 79.9. The summed E-state index contributed by atoms with van der Waals surface area (Å²) in [6.07, 6.45) is 3.67. The van der Waals surface area contributed by atoms with Gasteiger partial charge in [0.2, 0.25) is 0 Å². The van der Waals surface area contributed by atoms with Crippen LogP contribution in [-0.2, 0) is 11.3 Å². The number of nitrogens with zero attached hydrogens (tertiary/aromatic N) is 2. The van der Waals surface area contributed by atoms with Gasteiger partial charge in [-0.05, 0) is 21.3 Å². The molecule has 0 aromatic carbocycles. The lowest BCUT2D eigenvalue weighted by Crippen LogP contribution is -2.23. The number of hydrogen-bond donors (Lipinski definition) is 1. The van der Waals surface area contributed by atoms with E-state index in [-0.39, 0.29) is 11.8 Å². The predicted octanol–water partition coefficient (Wildman–Crippen LogP) is 2.15. The van der Waals surface area contributed by atoms with Gasteiger partial charge in [-0.2, -0.15) is 5.10 Å². The maximum absolute atomic E-state index is 10.6. The Balaban J connectivity index is 2.63. The zero-order valence-corrected chi connectivity index (χ0v) is 9.78. The number of aliphatic carboxylic acids is 1. The predicted molar refractivity (Wildman–Crippen MR) is 56.0 cm³/mol. The van der Waals surface area contributed by atoms with Gasteiger partial charge in [-0.15, -0.1) is 0 Å². The minimum absolute atomic E-state index is 0.143. The molecule has 4 nitrogen and oxygen atoms in total. The van der Waals surface area contributed by atoms with E-state index in [1.807, 2.05) is 20.0 Å². The van der Waals surface area contributed by atoms with Crippen molar-refractivity contribution >= 4 is 21.9 Å². The van der Waals surface area contributed by atoms with Crippen LogP contribution in [0.1, 0.15) is 20.3 Å². The maximum Gasteiger partial charge on any atom is 0.303 e. The number of halogens is 1. The third-order valence-corrected chi connectivity index (χ3v) is 2.23. The van der Waals surface area contributed by atoms with Gasteiger partial charge < -0.3 is 5.11 Å². The molecule has 0 aliphatic carbocycles. The Morgan fingerprint density at radius 3 is 2.79 bits per heavy atom. The van der Waals surface area contributed by atoms with Crippen LogP contribution in [0, 0.1) is 5.41 Å². The lowest BCUT2D eigenvalue weighted by atomic mass is 9.89. The fourth-order valence-electron chi connectivity index (χ4n) is 1.33. The molecule has 5 heteroatoms. The Labute approximate surface area is 91.1 Å². The smallest absolute Gasteiger partial charge is 0.303 e. The van der Waals surface area contributed by atoms with Gasteiger partial charge in [0.15, 0.2) is 0 Å². The van der Waals surface area contributed by atoms with Crippen molar-refractivity contribution in [2.24, 2.45) is 5.41 Å². The molecule has 14 heavy (non-hydrogen) atoms. The molecule has 0 aliphatic heterocycles. The van der Waals surface area contributed by atoms with Gasteiger partial charge >= 0.3 is 5.97 Å². The summed E-state index contributed by atoms with van der Waals surface area (Å²) < 4.78 is 2.65. The van der Waals surface area contributed by atoms with Crippen LogP contribution in [0.4, 0.5) is 0 Å². The third kappa shape index (κ3) is 3.49. The van der Waals surface area contributed by atoms with E-state index < -0.39 is 5.97 Å². The molecular weight excluding hydrogens is 248 g/mol. The minimum atomic E-state index is -0.777. The lowest BCUT2D eigenvalue weighted by Gasteiger charge is -2.21. The van der Waals surface area contributed by atoms with Crippen molar-refractivity contribution in [3.63, 3.8) is 0 Å². The monoisotopic (exact) mass is 260 g/mol. The molecule has 1 heterocycles. The molecule has 0 amide bonds. The van der Waals surface area contributed by atoms with Crippen LogP contribution in [0.5, 0.6) is 0 Å². The van der Waals surface area contributed by atoms with E-state index >= 15 is 0 Å². The molecule has 0 aliphatic rings. The van der Waals surface area contributed by atoms with Crippen LogP contribution < -0.4 is 0 Å². The summed E-state index contributed by atoms with van der Waals surface area (Å²) in [6, 6.07) is 0. The van der Waals surface area contributed by atoms with Crippen molar-refractivity contribution in [1.82, 2.24) is 9.78 Å². The van der Waals surface area contributed by atoms with E-state index in [0.29, 0.717) is 6.54 Å². The highest BCUT2D eigenvalue weighted by Gasteiger charge is 2.22. The van der Waals surface area contributed by atoms with Crippen molar-refractivity contribution in [2.45, 2.75) is 26.8 Å². The first-order valence-electron chi connectivity index (χ1n) is 4.29.